The maximum atomic E-state index is 13.2. The van der Waals surface area contributed by atoms with Crippen LogP contribution in [-0.4, -0.2) is 29.9 Å². The molecule has 0 unspecified atom stereocenters. The number of carbonyl (C=O) groups excluding carboxylic acids is 2. The number of ether oxygens (including phenoxy) is 2. The predicted molar refractivity (Wildman–Crippen MR) is 107 cm³/mol. The fraction of sp³-hybridized carbons (Fsp3) is 0.217. The van der Waals surface area contributed by atoms with Gasteiger partial charge >= 0.3 is 0 Å². The van der Waals surface area contributed by atoms with Crippen LogP contribution in [0.1, 0.15) is 40.1 Å². The number of carbonyl (C=O) groups is 2. The summed E-state index contributed by atoms with van der Waals surface area (Å²) >= 11 is 0. The van der Waals surface area contributed by atoms with E-state index in [0.29, 0.717) is 41.2 Å². The van der Waals surface area contributed by atoms with E-state index in [1.54, 1.807) is 6.07 Å². The summed E-state index contributed by atoms with van der Waals surface area (Å²) in [6.07, 6.45) is 0. The van der Waals surface area contributed by atoms with Crippen molar-refractivity contribution >= 4 is 22.6 Å². The molecule has 0 aliphatic carbocycles. The monoisotopic (exact) mass is 375 g/mol. The van der Waals surface area contributed by atoms with Gasteiger partial charge in [-0.2, -0.15) is 0 Å². The third kappa shape index (κ3) is 2.89. The van der Waals surface area contributed by atoms with Crippen LogP contribution in [0.5, 0.6) is 11.5 Å². The van der Waals surface area contributed by atoms with Crippen LogP contribution < -0.4 is 9.47 Å². The molecule has 0 bridgehead atoms. The van der Waals surface area contributed by atoms with Crippen molar-refractivity contribution in [2.75, 3.05) is 13.2 Å². The van der Waals surface area contributed by atoms with E-state index in [0.717, 1.165) is 10.9 Å². The van der Waals surface area contributed by atoms with E-state index in [1.165, 1.54) is 4.90 Å². The van der Waals surface area contributed by atoms with Gasteiger partial charge in [0.25, 0.3) is 11.8 Å². The Kier molecular flexibility index (Phi) is 4.74. The van der Waals surface area contributed by atoms with Gasteiger partial charge in [0.05, 0.1) is 36.3 Å². The summed E-state index contributed by atoms with van der Waals surface area (Å²) in [5.41, 5.74) is 1.70. The van der Waals surface area contributed by atoms with Gasteiger partial charge in [-0.25, -0.2) is 0 Å². The highest BCUT2D eigenvalue weighted by Crippen LogP contribution is 2.41. The van der Waals surface area contributed by atoms with Gasteiger partial charge < -0.3 is 9.47 Å². The van der Waals surface area contributed by atoms with Crippen LogP contribution in [0.4, 0.5) is 0 Å². The molecule has 1 aliphatic heterocycles. The molecule has 1 heterocycles. The number of hydrogen-bond donors (Lipinski definition) is 0. The van der Waals surface area contributed by atoms with Crippen molar-refractivity contribution < 1.29 is 19.1 Å². The predicted octanol–water partition coefficient (Wildman–Crippen LogP) is 4.43. The molecule has 5 nitrogen and oxygen atoms in total. The molecule has 0 radical (unpaired) electrons. The lowest BCUT2D eigenvalue weighted by molar-refractivity contribution is 0.0643. The Bertz CT molecular complexity index is 1060. The van der Waals surface area contributed by atoms with Gasteiger partial charge in [-0.15, -0.1) is 0 Å². The number of amides is 2. The molecule has 0 saturated carbocycles. The highest BCUT2D eigenvalue weighted by atomic mass is 16.5. The van der Waals surface area contributed by atoms with Crippen LogP contribution >= 0.6 is 0 Å². The fourth-order valence-corrected chi connectivity index (χ4v) is 3.64. The molecule has 0 N–H and O–H groups in total. The van der Waals surface area contributed by atoms with E-state index in [9.17, 15) is 9.59 Å². The molecule has 0 fully saturated rings. The Morgan fingerprint density at radius 1 is 0.821 bits per heavy atom. The minimum absolute atomic E-state index is 0.240. The molecular weight excluding hydrogens is 354 g/mol. The van der Waals surface area contributed by atoms with Crippen LogP contribution in [0.2, 0.25) is 0 Å². The summed E-state index contributed by atoms with van der Waals surface area (Å²) < 4.78 is 11.6. The topological polar surface area (TPSA) is 55.8 Å². The quantitative estimate of drug-likeness (QED) is 0.598. The van der Waals surface area contributed by atoms with Crippen LogP contribution in [-0.2, 0) is 6.54 Å². The molecule has 5 heteroatoms. The second kappa shape index (κ2) is 7.35. The third-order valence-electron chi connectivity index (χ3n) is 4.80. The molecule has 2 amide bonds. The third-order valence-corrected chi connectivity index (χ3v) is 4.80. The number of rotatable bonds is 6. The van der Waals surface area contributed by atoms with Crippen molar-refractivity contribution in [1.82, 2.24) is 4.90 Å². The van der Waals surface area contributed by atoms with Gasteiger partial charge in [-0.1, -0.05) is 42.5 Å². The number of hydrogen-bond acceptors (Lipinski definition) is 4. The zero-order valence-electron chi connectivity index (χ0n) is 15.9. The standard InChI is InChI=1S/C23H21NO4/c1-3-27-18-12-8-11-16-20-17(13-19(21(16)18)28-4-2)22(25)24(23(20)26)14-15-9-6-5-7-10-15/h5-13H,3-4,14H2,1-2H3. The second-order valence-corrected chi connectivity index (χ2v) is 6.52. The van der Waals surface area contributed by atoms with E-state index in [4.69, 9.17) is 9.47 Å². The minimum atomic E-state index is -0.298. The molecule has 0 spiro atoms. The Balaban J connectivity index is 1.87. The zero-order chi connectivity index (χ0) is 19.7. The average molecular weight is 375 g/mol. The molecule has 3 aromatic rings. The smallest absolute Gasteiger partial charge is 0.262 e. The van der Waals surface area contributed by atoms with Gasteiger partial charge in [0.1, 0.15) is 11.5 Å². The summed E-state index contributed by atoms with van der Waals surface area (Å²) in [6.45, 7) is 4.97. The minimum Gasteiger partial charge on any atom is -0.493 e. The van der Waals surface area contributed by atoms with Crippen molar-refractivity contribution in [3.8, 4) is 11.5 Å². The van der Waals surface area contributed by atoms with E-state index in [-0.39, 0.29) is 18.4 Å². The Labute approximate surface area is 163 Å². The van der Waals surface area contributed by atoms with Gasteiger partial charge in [0.15, 0.2) is 0 Å². The lowest BCUT2D eigenvalue weighted by Crippen LogP contribution is -2.29. The maximum Gasteiger partial charge on any atom is 0.262 e. The van der Waals surface area contributed by atoms with Crippen molar-refractivity contribution in [2.24, 2.45) is 0 Å². The number of nitrogens with zero attached hydrogens (tertiary/aromatic N) is 1. The maximum absolute atomic E-state index is 13.2. The molecule has 28 heavy (non-hydrogen) atoms. The van der Waals surface area contributed by atoms with Gasteiger partial charge in [-0.3, -0.25) is 14.5 Å². The first-order chi connectivity index (χ1) is 13.7. The molecule has 0 saturated heterocycles. The van der Waals surface area contributed by atoms with E-state index in [2.05, 4.69) is 0 Å². The molecular formula is C23H21NO4. The molecule has 3 aromatic carbocycles. The van der Waals surface area contributed by atoms with Gasteiger partial charge in [0, 0.05) is 5.39 Å². The summed E-state index contributed by atoms with van der Waals surface area (Å²) in [5.74, 6) is 0.620. The first-order valence-electron chi connectivity index (χ1n) is 9.41. The van der Waals surface area contributed by atoms with Gasteiger partial charge in [-0.05, 0) is 31.5 Å². The lowest BCUT2D eigenvalue weighted by Gasteiger charge is -2.14. The fourth-order valence-electron chi connectivity index (χ4n) is 3.64. The zero-order valence-corrected chi connectivity index (χ0v) is 15.9. The average Bonchev–Trinajstić information content (AvgIpc) is 2.94. The molecule has 0 atom stereocenters. The summed E-state index contributed by atoms with van der Waals surface area (Å²) in [6, 6.07) is 16.7. The van der Waals surface area contributed by atoms with Crippen LogP contribution in [0.15, 0.2) is 54.6 Å². The first kappa shape index (κ1) is 18.0. The Hall–Kier alpha value is -3.34. The number of imide groups is 1. The van der Waals surface area contributed by atoms with Gasteiger partial charge in [0.2, 0.25) is 0 Å². The highest BCUT2D eigenvalue weighted by Gasteiger charge is 2.38. The summed E-state index contributed by atoms with van der Waals surface area (Å²) in [7, 11) is 0. The van der Waals surface area contributed by atoms with E-state index < -0.39 is 0 Å². The van der Waals surface area contributed by atoms with Crippen molar-refractivity contribution in [1.29, 1.82) is 0 Å². The first-order valence-corrected chi connectivity index (χ1v) is 9.41. The van der Waals surface area contributed by atoms with Crippen molar-refractivity contribution in [2.45, 2.75) is 20.4 Å². The summed E-state index contributed by atoms with van der Waals surface area (Å²) in [5, 5.41) is 1.41. The molecule has 1 aliphatic rings. The SMILES string of the molecule is CCOc1cccc2c3c(cc(OCC)c12)C(=O)N(Cc1ccccc1)C3=O. The Morgan fingerprint density at radius 2 is 1.54 bits per heavy atom. The van der Waals surface area contributed by atoms with E-state index >= 15 is 0 Å². The highest BCUT2D eigenvalue weighted by molar-refractivity contribution is 6.27. The lowest BCUT2D eigenvalue weighted by atomic mass is 9.98. The number of benzene rings is 3. The molecule has 0 aromatic heterocycles. The molecule has 4 rings (SSSR count). The normalized spacial score (nSPS) is 13.1. The van der Waals surface area contributed by atoms with Crippen molar-refractivity contribution in [3.63, 3.8) is 0 Å². The number of fused-ring (bicyclic) bond motifs is 3. The van der Waals surface area contributed by atoms with Crippen LogP contribution in [0, 0.1) is 0 Å². The molecule has 142 valence electrons. The summed E-state index contributed by atoms with van der Waals surface area (Å²) in [4.78, 5) is 27.5. The second-order valence-electron chi connectivity index (χ2n) is 6.52. The van der Waals surface area contributed by atoms with Crippen LogP contribution in [0.3, 0.4) is 0 Å². The van der Waals surface area contributed by atoms with Crippen LogP contribution in [0.25, 0.3) is 10.8 Å². The van der Waals surface area contributed by atoms with E-state index in [1.807, 2.05) is 62.4 Å². The largest absolute Gasteiger partial charge is 0.493 e. The Morgan fingerprint density at radius 3 is 2.25 bits per heavy atom. The van der Waals surface area contributed by atoms with Crippen molar-refractivity contribution in [3.05, 3.63) is 71.3 Å².